The molecule has 0 saturated carbocycles. The third-order valence-corrected chi connectivity index (χ3v) is 5.26. The summed E-state index contributed by atoms with van der Waals surface area (Å²) in [6.07, 6.45) is 13.5. The van der Waals surface area contributed by atoms with Crippen LogP contribution in [-0.2, 0) is 6.42 Å². The van der Waals surface area contributed by atoms with Gasteiger partial charge in [0.1, 0.15) is 5.75 Å². The average Bonchev–Trinajstić information content (AvgIpc) is 2.71. The first-order valence-electron chi connectivity index (χ1n) is 10.9. The normalized spacial score (nSPS) is 12.1. The van der Waals surface area contributed by atoms with Crippen molar-refractivity contribution >= 4 is 0 Å². The van der Waals surface area contributed by atoms with Gasteiger partial charge in [-0.2, -0.15) is 0 Å². The third-order valence-electron chi connectivity index (χ3n) is 5.26. The van der Waals surface area contributed by atoms with E-state index in [0.29, 0.717) is 5.92 Å². The molecule has 2 nitrogen and oxygen atoms in total. The molecular weight excluding hydrogens is 330 g/mol. The molecule has 1 atom stereocenters. The first-order valence-corrected chi connectivity index (χ1v) is 10.9. The van der Waals surface area contributed by atoms with E-state index in [1.54, 1.807) is 0 Å². The molecule has 0 aliphatic rings. The Kier molecular flexibility index (Phi) is 9.97. The molecule has 27 heavy (non-hydrogen) atoms. The number of benzene rings is 1. The highest BCUT2D eigenvalue weighted by Crippen LogP contribution is 2.25. The van der Waals surface area contributed by atoms with Crippen LogP contribution < -0.4 is 4.74 Å². The molecule has 148 valence electrons. The van der Waals surface area contributed by atoms with Crippen molar-refractivity contribution in [1.29, 1.82) is 0 Å². The summed E-state index contributed by atoms with van der Waals surface area (Å²) in [5, 5.41) is 0. The second kappa shape index (κ2) is 12.5. The van der Waals surface area contributed by atoms with Crippen molar-refractivity contribution < 1.29 is 4.74 Å². The van der Waals surface area contributed by atoms with E-state index in [1.807, 2.05) is 0 Å². The van der Waals surface area contributed by atoms with Crippen LogP contribution in [0.15, 0.2) is 42.6 Å². The molecule has 0 spiro atoms. The van der Waals surface area contributed by atoms with E-state index in [-0.39, 0.29) is 0 Å². The molecule has 1 heterocycles. The van der Waals surface area contributed by atoms with Gasteiger partial charge in [0, 0.05) is 17.8 Å². The molecule has 1 aromatic heterocycles. The molecule has 0 amide bonds. The Labute approximate surface area is 166 Å². The lowest BCUT2D eigenvalue weighted by Gasteiger charge is -2.13. The lowest BCUT2D eigenvalue weighted by molar-refractivity contribution is 0.309. The summed E-state index contributed by atoms with van der Waals surface area (Å²) in [4.78, 5) is 4.74. The van der Waals surface area contributed by atoms with E-state index in [2.05, 4.69) is 63.4 Å². The molecule has 2 heteroatoms. The smallest absolute Gasteiger partial charge is 0.119 e. The molecule has 0 N–H and O–H groups in total. The van der Waals surface area contributed by atoms with Gasteiger partial charge in [0.05, 0.1) is 6.61 Å². The van der Waals surface area contributed by atoms with Gasteiger partial charge in [0.2, 0.25) is 0 Å². The fraction of sp³-hybridized carbons (Fsp3) is 0.560. The minimum absolute atomic E-state index is 0.304. The van der Waals surface area contributed by atoms with Gasteiger partial charge in [-0.25, -0.2) is 0 Å². The van der Waals surface area contributed by atoms with Crippen LogP contribution >= 0.6 is 0 Å². The zero-order valence-electron chi connectivity index (χ0n) is 17.5. The largest absolute Gasteiger partial charge is 0.494 e. The Bertz CT molecular complexity index is 618. The van der Waals surface area contributed by atoms with Crippen LogP contribution in [-0.4, -0.2) is 11.6 Å². The summed E-state index contributed by atoms with van der Waals surface area (Å²) in [7, 11) is 0. The Morgan fingerprint density at radius 1 is 0.815 bits per heavy atom. The van der Waals surface area contributed by atoms with Crippen molar-refractivity contribution in [2.45, 2.75) is 84.5 Å². The minimum atomic E-state index is 0.304. The van der Waals surface area contributed by atoms with Crippen LogP contribution in [0.2, 0.25) is 0 Å². The fourth-order valence-electron chi connectivity index (χ4n) is 3.31. The number of unbranched alkanes of at least 4 members (excludes halogenated alkanes) is 6. The number of hydrogen-bond donors (Lipinski definition) is 0. The molecule has 0 aliphatic carbocycles. The average molecular weight is 368 g/mol. The number of aromatic nitrogens is 1. The van der Waals surface area contributed by atoms with E-state index in [0.717, 1.165) is 37.3 Å². The molecule has 1 aromatic carbocycles. The summed E-state index contributed by atoms with van der Waals surface area (Å²) in [5.74, 6) is 1.26. The number of rotatable bonds is 13. The zero-order valence-corrected chi connectivity index (χ0v) is 17.5. The van der Waals surface area contributed by atoms with Crippen LogP contribution in [0.1, 0.15) is 94.9 Å². The van der Waals surface area contributed by atoms with E-state index in [4.69, 9.17) is 9.72 Å². The van der Waals surface area contributed by atoms with Gasteiger partial charge in [0.15, 0.2) is 0 Å². The summed E-state index contributed by atoms with van der Waals surface area (Å²) >= 11 is 0. The van der Waals surface area contributed by atoms with E-state index in [9.17, 15) is 0 Å². The molecule has 0 fully saturated rings. The number of pyridine rings is 1. The number of hydrogen-bond acceptors (Lipinski definition) is 2. The number of ether oxygens (including phenoxy) is 1. The maximum atomic E-state index is 5.76. The van der Waals surface area contributed by atoms with Gasteiger partial charge >= 0.3 is 0 Å². The highest BCUT2D eigenvalue weighted by Gasteiger charge is 2.10. The first kappa shape index (κ1) is 21.5. The lowest BCUT2D eigenvalue weighted by atomic mass is 9.96. The van der Waals surface area contributed by atoms with Gasteiger partial charge in [0.25, 0.3) is 0 Å². The van der Waals surface area contributed by atoms with E-state index in [1.165, 1.54) is 49.7 Å². The molecule has 0 saturated heterocycles. The van der Waals surface area contributed by atoms with Crippen LogP contribution in [0.4, 0.5) is 0 Å². The van der Waals surface area contributed by atoms with Gasteiger partial charge in [-0.1, -0.05) is 77.5 Å². The highest BCUT2D eigenvalue weighted by atomic mass is 16.5. The Balaban J connectivity index is 1.81. The maximum absolute atomic E-state index is 5.76. The summed E-state index contributed by atoms with van der Waals surface area (Å²) in [6, 6.07) is 12.9. The van der Waals surface area contributed by atoms with Crippen molar-refractivity contribution in [3.05, 3.63) is 59.4 Å². The molecule has 2 aromatic rings. The number of aryl methyl sites for hydroxylation is 1. The van der Waals surface area contributed by atoms with E-state index < -0.39 is 0 Å². The van der Waals surface area contributed by atoms with Crippen molar-refractivity contribution in [3.8, 4) is 5.75 Å². The van der Waals surface area contributed by atoms with Crippen LogP contribution in [0.5, 0.6) is 5.75 Å². The van der Waals surface area contributed by atoms with Gasteiger partial charge in [-0.3, -0.25) is 4.98 Å². The van der Waals surface area contributed by atoms with Crippen molar-refractivity contribution in [2.75, 3.05) is 6.61 Å². The van der Waals surface area contributed by atoms with Gasteiger partial charge < -0.3 is 4.74 Å². The van der Waals surface area contributed by atoms with Gasteiger partial charge in [-0.05, 0) is 48.6 Å². The SMILES string of the molecule is CCCCCCCCc1ccc(C(C)c2ccc(OCCCC)cc2)nc1. The quantitative estimate of drug-likeness (QED) is 0.346. The summed E-state index contributed by atoms with van der Waals surface area (Å²) in [5.41, 5.74) is 3.79. The fourth-order valence-corrected chi connectivity index (χ4v) is 3.31. The topological polar surface area (TPSA) is 22.1 Å². The lowest BCUT2D eigenvalue weighted by Crippen LogP contribution is -2.01. The zero-order chi connectivity index (χ0) is 19.3. The van der Waals surface area contributed by atoms with Crippen molar-refractivity contribution in [2.24, 2.45) is 0 Å². The Morgan fingerprint density at radius 3 is 2.19 bits per heavy atom. The molecule has 2 rings (SSSR count). The predicted molar refractivity (Wildman–Crippen MR) is 116 cm³/mol. The number of nitrogens with zero attached hydrogens (tertiary/aromatic N) is 1. The highest BCUT2D eigenvalue weighted by molar-refractivity contribution is 5.33. The summed E-state index contributed by atoms with van der Waals surface area (Å²) in [6.45, 7) is 7.47. The second-order valence-electron chi connectivity index (χ2n) is 7.60. The van der Waals surface area contributed by atoms with Crippen molar-refractivity contribution in [1.82, 2.24) is 4.98 Å². The maximum Gasteiger partial charge on any atom is 0.119 e. The van der Waals surface area contributed by atoms with Crippen LogP contribution in [0.3, 0.4) is 0 Å². The van der Waals surface area contributed by atoms with Gasteiger partial charge in [-0.15, -0.1) is 0 Å². The third kappa shape index (κ3) is 7.74. The summed E-state index contributed by atoms with van der Waals surface area (Å²) < 4.78 is 5.76. The Hall–Kier alpha value is -1.83. The molecule has 0 radical (unpaired) electrons. The monoisotopic (exact) mass is 367 g/mol. The standard InChI is InChI=1S/C25H37NO/c1-4-6-8-9-10-11-12-22-13-18-25(26-20-22)21(3)23-14-16-24(17-15-23)27-19-7-5-2/h13-18,20-21H,4-12,19H2,1-3H3. The molecule has 0 aliphatic heterocycles. The minimum Gasteiger partial charge on any atom is -0.494 e. The van der Waals surface area contributed by atoms with E-state index >= 15 is 0 Å². The predicted octanol–water partition coefficient (Wildman–Crippen LogP) is 7.32. The molecular formula is C25H37NO. The molecule has 1 unspecified atom stereocenters. The Morgan fingerprint density at radius 2 is 1.52 bits per heavy atom. The molecule has 0 bridgehead atoms. The second-order valence-corrected chi connectivity index (χ2v) is 7.60. The van der Waals surface area contributed by atoms with Crippen LogP contribution in [0, 0.1) is 0 Å². The first-order chi connectivity index (χ1) is 13.2. The van der Waals surface area contributed by atoms with Crippen molar-refractivity contribution in [3.63, 3.8) is 0 Å². The van der Waals surface area contributed by atoms with Crippen LogP contribution in [0.25, 0.3) is 0 Å².